The maximum Gasteiger partial charge on any atom is 0.127 e. The number of hydrogen-bond donors (Lipinski definition) is 0. The Morgan fingerprint density at radius 2 is 1.20 bits per heavy atom. The first-order valence-electron chi connectivity index (χ1n) is 9.66. The van der Waals surface area contributed by atoms with Gasteiger partial charge in [-0.2, -0.15) is 0 Å². The van der Waals surface area contributed by atoms with Gasteiger partial charge >= 0.3 is 0 Å². The Bertz CT molecular complexity index is 679. The van der Waals surface area contributed by atoms with Gasteiger partial charge in [-0.3, -0.25) is 0 Å². The molecule has 0 unspecified atom stereocenters. The predicted molar refractivity (Wildman–Crippen MR) is 110 cm³/mol. The first-order chi connectivity index (χ1) is 11.7. The van der Waals surface area contributed by atoms with E-state index in [0.717, 1.165) is 5.75 Å². The van der Waals surface area contributed by atoms with Crippen LogP contribution in [0.5, 0.6) is 5.75 Å². The van der Waals surface area contributed by atoms with Gasteiger partial charge < -0.3 is 4.74 Å². The molecule has 0 atom stereocenters. The number of benzene rings is 2. The van der Waals surface area contributed by atoms with E-state index in [-0.39, 0.29) is 6.10 Å². The Labute approximate surface area is 154 Å². The third-order valence-electron chi connectivity index (χ3n) is 4.65. The first-order valence-corrected chi connectivity index (χ1v) is 9.66. The van der Waals surface area contributed by atoms with Gasteiger partial charge in [0.2, 0.25) is 0 Å². The molecule has 0 bridgehead atoms. The molecular formula is C24H34O. The fourth-order valence-corrected chi connectivity index (χ4v) is 3.30. The minimum absolute atomic E-state index is 0.168. The summed E-state index contributed by atoms with van der Waals surface area (Å²) in [5.41, 5.74) is 6.87. The molecular weight excluding hydrogens is 304 g/mol. The lowest BCUT2D eigenvalue weighted by atomic mass is 9.81. The van der Waals surface area contributed by atoms with Crippen LogP contribution < -0.4 is 4.74 Å². The fraction of sp³-hybridized carbons (Fsp3) is 0.500. The summed E-state index contributed by atoms with van der Waals surface area (Å²) in [6.45, 7) is 17.9. The van der Waals surface area contributed by atoms with E-state index >= 15 is 0 Å². The summed E-state index contributed by atoms with van der Waals surface area (Å²) in [6, 6.07) is 13.3. The van der Waals surface area contributed by atoms with Crippen molar-refractivity contribution in [1.29, 1.82) is 0 Å². The molecule has 25 heavy (non-hydrogen) atoms. The third-order valence-corrected chi connectivity index (χ3v) is 4.65. The topological polar surface area (TPSA) is 9.23 Å². The van der Waals surface area contributed by atoms with Crippen LogP contribution in [0.4, 0.5) is 0 Å². The van der Waals surface area contributed by atoms with Crippen LogP contribution in [-0.4, -0.2) is 6.10 Å². The van der Waals surface area contributed by atoms with E-state index in [1.165, 1.54) is 27.8 Å². The highest BCUT2D eigenvalue weighted by molar-refractivity contribution is 5.78. The van der Waals surface area contributed by atoms with Crippen LogP contribution in [0.3, 0.4) is 0 Å². The highest BCUT2D eigenvalue weighted by atomic mass is 16.5. The number of para-hydroxylation sites is 1. The second-order valence-corrected chi connectivity index (χ2v) is 8.20. The molecule has 0 aliphatic heterocycles. The van der Waals surface area contributed by atoms with Crippen LogP contribution >= 0.6 is 0 Å². The summed E-state index contributed by atoms with van der Waals surface area (Å²) < 4.78 is 6.15. The smallest absolute Gasteiger partial charge is 0.127 e. The van der Waals surface area contributed by atoms with E-state index in [1.54, 1.807) is 0 Å². The maximum absolute atomic E-state index is 6.15. The van der Waals surface area contributed by atoms with Gasteiger partial charge in [-0.15, -0.1) is 0 Å². The van der Waals surface area contributed by atoms with Crippen LogP contribution in [0.25, 0.3) is 11.1 Å². The lowest BCUT2D eigenvalue weighted by Crippen LogP contribution is -2.08. The summed E-state index contributed by atoms with van der Waals surface area (Å²) >= 11 is 0. The van der Waals surface area contributed by atoms with Gasteiger partial charge in [0.1, 0.15) is 5.75 Å². The summed E-state index contributed by atoms with van der Waals surface area (Å²) in [6.07, 6.45) is 0.168. The Morgan fingerprint density at radius 1 is 0.680 bits per heavy atom. The van der Waals surface area contributed by atoms with E-state index in [2.05, 4.69) is 91.8 Å². The molecule has 0 saturated heterocycles. The van der Waals surface area contributed by atoms with Crippen LogP contribution in [0.2, 0.25) is 0 Å². The molecule has 1 nitrogen and oxygen atoms in total. The van der Waals surface area contributed by atoms with Crippen molar-refractivity contribution in [1.82, 2.24) is 0 Å². The quantitative estimate of drug-likeness (QED) is 0.529. The van der Waals surface area contributed by atoms with Crippen molar-refractivity contribution < 1.29 is 4.74 Å². The minimum atomic E-state index is 0.168. The molecule has 2 rings (SSSR count). The van der Waals surface area contributed by atoms with E-state index in [0.29, 0.717) is 17.8 Å². The Hall–Kier alpha value is -1.76. The van der Waals surface area contributed by atoms with Gasteiger partial charge in [-0.05, 0) is 59.9 Å². The monoisotopic (exact) mass is 338 g/mol. The van der Waals surface area contributed by atoms with Gasteiger partial charge in [0.25, 0.3) is 0 Å². The van der Waals surface area contributed by atoms with Crippen molar-refractivity contribution in [3.8, 4) is 16.9 Å². The Balaban J connectivity index is 2.80. The lowest BCUT2D eigenvalue weighted by molar-refractivity contribution is 0.243. The number of hydrogen-bond acceptors (Lipinski definition) is 1. The van der Waals surface area contributed by atoms with Crippen molar-refractivity contribution in [2.75, 3.05) is 0 Å². The Morgan fingerprint density at radius 3 is 1.64 bits per heavy atom. The lowest BCUT2D eigenvalue weighted by Gasteiger charge is -2.25. The van der Waals surface area contributed by atoms with Crippen LogP contribution in [-0.2, 0) is 0 Å². The summed E-state index contributed by atoms with van der Waals surface area (Å²) in [7, 11) is 0. The maximum atomic E-state index is 6.15. The average molecular weight is 339 g/mol. The molecule has 1 heteroatoms. The molecule has 0 amide bonds. The molecule has 0 aromatic heterocycles. The summed E-state index contributed by atoms with van der Waals surface area (Å²) in [5.74, 6) is 2.46. The van der Waals surface area contributed by atoms with Crippen LogP contribution in [0.1, 0.15) is 89.8 Å². The number of ether oxygens (including phenoxy) is 1. The van der Waals surface area contributed by atoms with Crippen molar-refractivity contribution in [2.45, 2.75) is 79.2 Å². The predicted octanol–water partition coefficient (Wildman–Crippen LogP) is 7.51. The first kappa shape index (κ1) is 19.6. The minimum Gasteiger partial charge on any atom is -0.490 e. The van der Waals surface area contributed by atoms with Crippen molar-refractivity contribution in [3.05, 3.63) is 53.1 Å². The van der Waals surface area contributed by atoms with Crippen molar-refractivity contribution in [2.24, 2.45) is 0 Å². The molecule has 0 aliphatic rings. The van der Waals surface area contributed by atoms with E-state index in [1.807, 2.05) is 0 Å². The molecule has 0 saturated carbocycles. The zero-order valence-corrected chi connectivity index (χ0v) is 17.2. The molecule has 0 spiro atoms. The number of rotatable bonds is 6. The zero-order chi connectivity index (χ0) is 18.7. The van der Waals surface area contributed by atoms with E-state index in [4.69, 9.17) is 4.74 Å². The summed E-state index contributed by atoms with van der Waals surface area (Å²) in [4.78, 5) is 0. The second kappa shape index (κ2) is 8.08. The van der Waals surface area contributed by atoms with E-state index < -0.39 is 0 Å². The zero-order valence-electron chi connectivity index (χ0n) is 17.2. The molecule has 0 radical (unpaired) electrons. The highest BCUT2D eigenvalue weighted by Gasteiger charge is 2.21. The molecule has 0 N–H and O–H groups in total. The third kappa shape index (κ3) is 4.45. The average Bonchev–Trinajstić information content (AvgIpc) is 2.53. The van der Waals surface area contributed by atoms with Gasteiger partial charge in [0.05, 0.1) is 6.10 Å². The molecule has 0 aliphatic carbocycles. The van der Waals surface area contributed by atoms with Gasteiger partial charge in [-0.1, -0.05) is 71.9 Å². The van der Waals surface area contributed by atoms with Crippen LogP contribution in [0.15, 0.2) is 36.4 Å². The van der Waals surface area contributed by atoms with Gasteiger partial charge in [0, 0.05) is 5.56 Å². The second-order valence-electron chi connectivity index (χ2n) is 8.20. The SMILES string of the molecule is CC(C)Oc1ccccc1-c1c(C(C)C)cc(C(C)C)cc1C(C)C. The van der Waals surface area contributed by atoms with Crippen molar-refractivity contribution >= 4 is 0 Å². The Kier molecular flexibility index (Phi) is 6.32. The van der Waals surface area contributed by atoms with Crippen molar-refractivity contribution in [3.63, 3.8) is 0 Å². The largest absolute Gasteiger partial charge is 0.490 e. The molecule has 0 fully saturated rings. The molecule has 2 aromatic rings. The fourth-order valence-electron chi connectivity index (χ4n) is 3.30. The molecule has 0 heterocycles. The standard InChI is InChI=1S/C24H34O/c1-15(2)19-13-21(16(3)4)24(22(14-19)17(5)6)20-11-9-10-12-23(20)25-18(7)8/h9-18H,1-8H3. The van der Waals surface area contributed by atoms with Gasteiger partial charge in [0.15, 0.2) is 0 Å². The normalized spacial score (nSPS) is 11.8. The molecule has 136 valence electrons. The highest BCUT2D eigenvalue weighted by Crippen LogP contribution is 2.42. The molecule has 2 aromatic carbocycles. The van der Waals surface area contributed by atoms with Crippen LogP contribution in [0, 0.1) is 0 Å². The summed E-state index contributed by atoms with van der Waals surface area (Å²) in [5, 5.41) is 0. The van der Waals surface area contributed by atoms with E-state index in [9.17, 15) is 0 Å². The van der Waals surface area contributed by atoms with Gasteiger partial charge in [-0.25, -0.2) is 0 Å².